The maximum atomic E-state index is 13.7. The zero-order valence-electron chi connectivity index (χ0n) is 25.0. The van der Waals surface area contributed by atoms with Crippen molar-refractivity contribution in [3.63, 3.8) is 0 Å². The monoisotopic (exact) mass is 601 g/mol. The SMILES string of the molecule is CC(C)CC(NC(=O)C(CCCN=C(N)N)NC(=O)C(Cc1c[nH]c2ccccc12)NC(=O)C(N)CCCCN)C(=O)O. The van der Waals surface area contributed by atoms with Gasteiger partial charge in [0.05, 0.1) is 6.04 Å². The molecule has 14 heteroatoms. The fraction of sp³-hybridized carbons (Fsp3) is 0.552. The topological polar surface area (TPSA) is 257 Å². The lowest BCUT2D eigenvalue weighted by Gasteiger charge is -2.25. The first-order valence-corrected chi connectivity index (χ1v) is 14.6. The molecule has 0 radical (unpaired) electrons. The molecule has 0 spiro atoms. The van der Waals surface area contributed by atoms with Gasteiger partial charge in [0.25, 0.3) is 0 Å². The van der Waals surface area contributed by atoms with Gasteiger partial charge in [-0.1, -0.05) is 38.5 Å². The third-order valence-electron chi connectivity index (χ3n) is 6.94. The third kappa shape index (κ3) is 11.9. The van der Waals surface area contributed by atoms with E-state index in [1.807, 2.05) is 38.1 Å². The van der Waals surface area contributed by atoms with Crippen LogP contribution in [0.2, 0.25) is 0 Å². The van der Waals surface area contributed by atoms with Crippen molar-refractivity contribution in [3.05, 3.63) is 36.0 Å². The van der Waals surface area contributed by atoms with E-state index in [1.165, 1.54) is 0 Å². The Morgan fingerprint density at radius 1 is 0.907 bits per heavy atom. The van der Waals surface area contributed by atoms with Gasteiger partial charge in [-0.3, -0.25) is 19.4 Å². The van der Waals surface area contributed by atoms with Crippen LogP contribution in [0.15, 0.2) is 35.5 Å². The number of nitrogens with zero attached hydrogens (tertiary/aromatic N) is 1. The molecule has 2 rings (SSSR count). The summed E-state index contributed by atoms with van der Waals surface area (Å²) in [5.41, 5.74) is 24.1. The van der Waals surface area contributed by atoms with Crippen LogP contribution < -0.4 is 38.9 Å². The molecule has 0 aliphatic carbocycles. The van der Waals surface area contributed by atoms with Gasteiger partial charge in [-0.15, -0.1) is 0 Å². The highest BCUT2D eigenvalue weighted by atomic mass is 16.4. The van der Waals surface area contributed by atoms with Crippen LogP contribution in [0.5, 0.6) is 0 Å². The van der Waals surface area contributed by atoms with Gasteiger partial charge in [0, 0.05) is 30.1 Å². The Hall–Kier alpha value is -4.17. The number of unbranched alkanes of at least 4 members (excludes halogenated alkanes) is 1. The molecule has 4 unspecified atom stereocenters. The van der Waals surface area contributed by atoms with Crippen molar-refractivity contribution in [3.8, 4) is 0 Å². The van der Waals surface area contributed by atoms with Gasteiger partial charge >= 0.3 is 5.97 Å². The van der Waals surface area contributed by atoms with Gasteiger partial charge in [0.15, 0.2) is 5.96 Å². The predicted molar refractivity (Wildman–Crippen MR) is 166 cm³/mol. The first kappa shape index (κ1) is 35.0. The van der Waals surface area contributed by atoms with Crippen LogP contribution in [0.3, 0.4) is 0 Å². The largest absolute Gasteiger partial charge is 0.480 e. The van der Waals surface area contributed by atoms with Crippen molar-refractivity contribution >= 4 is 40.6 Å². The number of carbonyl (C=O) groups is 4. The molecular formula is C29H47N9O5. The van der Waals surface area contributed by atoms with E-state index in [-0.39, 0.29) is 37.7 Å². The molecule has 14 nitrogen and oxygen atoms in total. The summed E-state index contributed by atoms with van der Waals surface area (Å²) in [5, 5.41) is 18.5. The second-order valence-electron chi connectivity index (χ2n) is 11.1. The minimum Gasteiger partial charge on any atom is -0.480 e. The molecule has 0 aliphatic heterocycles. The van der Waals surface area contributed by atoms with Crippen molar-refractivity contribution in [2.45, 2.75) is 83.0 Å². The van der Waals surface area contributed by atoms with Gasteiger partial charge in [0.1, 0.15) is 18.1 Å². The Labute approximate surface area is 251 Å². The van der Waals surface area contributed by atoms with Crippen LogP contribution in [-0.2, 0) is 25.6 Å². The van der Waals surface area contributed by atoms with E-state index in [0.29, 0.717) is 32.2 Å². The highest BCUT2D eigenvalue weighted by Gasteiger charge is 2.31. The standard InChI is InChI=1S/C29H47N9O5/c1-17(2)14-24(28(42)43)38-26(40)22(11-7-13-34-29(32)33)36-27(41)23(37-25(39)20(31)9-5-6-12-30)15-18-16-35-21-10-4-3-8-19(18)21/h3-4,8,10,16-17,20,22-24,35H,5-7,9,11-15,30-31H2,1-2H3,(H,36,41)(H,37,39)(H,38,40)(H,42,43)(H4,32,33,34). The average molecular weight is 602 g/mol. The number of carboxylic acid groups (broad SMARTS) is 1. The van der Waals surface area contributed by atoms with Crippen LogP contribution in [-0.4, -0.2) is 77.0 Å². The molecule has 0 saturated heterocycles. The molecule has 3 amide bonds. The Balaban J connectivity index is 2.30. The van der Waals surface area contributed by atoms with Crippen LogP contribution in [0.4, 0.5) is 0 Å². The van der Waals surface area contributed by atoms with Gasteiger partial charge in [-0.25, -0.2) is 4.79 Å². The molecule has 1 heterocycles. The maximum absolute atomic E-state index is 13.7. The van der Waals surface area contributed by atoms with Gasteiger partial charge in [-0.05, 0) is 56.2 Å². The van der Waals surface area contributed by atoms with Crippen molar-refractivity contribution in [2.24, 2.45) is 33.8 Å². The van der Waals surface area contributed by atoms with Gasteiger partial charge in [0.2, 0.25) is 17.7 Å². The van der Waals surface area contributed by atoms with E-state index in [1.54, 1.807) is 6.20 Å². The van der Waals surface area contributed by atoms with Crippen molar-refractivity contribution < 1.29 is 24.3 Å². The van der Waals surface area contributed by atoms with Crippen LogP contribution in [0.1, 0.15) is 57.9 Å². The van der Waals surface area contributed by atoms with E-state index in [4.69, 9.17) is 22.9 Å². The number of hydrogen-bond donors (Lipinski definition) is 9. The number of aromatic nitrogens is 1. The second kappa shape index (κ2) is 17.7. The number of benzene rings is 1. The quantitative estimate of drug-likeness (QED) is 0.0586. The summed E-state index contributed by atoms with van der Waals surface area (Å²) < 4.78 is 0. The highest BCUT2D eigenvalue weighted by molar-refractivity contribution is 5.95. The van der Waals surface area contributed by atoms with E-state index >= 15 is 0 Å². The van der Waals surface area contributed by atoms with Gasteiger partial charge < -0.3 is 49.0 Å². The van der Waals surface area contributed by atoms with Crippen LogP contribution >= 0.6 is 0 Å². The number of carboxylic acids is 1. The molecule has 0 bridgehead atoms. The number of amides is 3. The number of carbonyl (C=O) groups excluding carboxylic acids is 3. The molecule has 1 aromatic heterocycles. The lowest BCUT2D eigenvalue weighted by Crippen LogP contribution is -2.57. The Kier molecular flexibility index (Phi) is 14.4. The molecule has 4 atom stereocenters. The predicted octanol–water partition coefficient (Wildman–Crippen LogP) is -0.195. The Morgan fingerprint density at radius 2 is 1.56 bits per heavy atom. The number of rotatable bonds is 19. The van der Waals surface area contributed by atoms with Crippen molar-refractivity contribution in [1.29, 1.82) is 0 Å². The summed E-state index contributed by atoms with van der Waals surface area (Å²) in [7, 11) is 0. The first-order valence-electron chi connectivity index (χ1n) is 14.6. The summed E-state index contributed by atoms with van der Waals surface area (Å²) in [5.74, 6) is -3.08. The summed E-state index contributed by atoms with van der Waals surface area (Å²) in [4.78, 5) is 58.9. The summed E-state index contributed by atoms with van der Waals surface area (Å²) in [6.45, 7) is 4.36. The summed E-state index contributed by atoms with van der Waals surface area (Å²) in [6, 6.07) is 3.36. The number of fused-ring (bicyclic) bond motifs is 1. The lowest BCUT2D eigenvalue weighted by atomic mass is 10.0. The lowest BCUT2D eigenvalue weighted by molar-refractivity contribution is -0.142. The first-order chi connectivity index (χ1) is 20.4. The van der Waals surface area contributed by atoms with Crippen LogP contribution in [0, 0.1) is 5.92 Å². The Morgan fingerprint density at radius 3 is 2.21 bits per heavy atom. The number of H-pyrrole nitrogens is 1. The number of aliphatic carboxylic acids is 1. The molecule has 13 N–H and O–H groups in total. The normalized spacial score (nSPS) is 14.0. The van der Waals surface area contributed by atoms with E-state index in [2.05, 4.69) is 25.9 Å². The molecule has 0 aliphatic rings. The minimum atomic E-state index is -1.18. The van der Waals surface area contributed by atoms with Crippen molar-refractivity contribution in [1.82, 2.24) is 20.9 Å². The second-order valence-corrected chi connectivity index (χ2v) is 11.1. The van der Waals surface area contributed by atoms with Crippen LogP contribution in [0.25, 0.3) is 10.9 Å². The molecule has 43 heavy (non-hydrogen) atoms. The molecule has 1 aromatic carbocycles. The van der Waals surface area contributed by atoms with Crippen molar-refractivity contribution in [2.75, 3.05) is 13.1 Å². The molecule has 0 fully saturated rings. The number of aromatic amines is 1. The summed E-state index contributed by atoms with van der Waals surface area (Å²) in [6.07, 6.45) is 4.29. The highest BCUT2D eigenvalue weighted by Crippen LogP contribution is 2.19. The number of aliphatic imine (C=N–C) groups is 1. The zero-order valence-corrected chi connectivity index (χ0v) is 25.0. The fourth-order valence-corrected chi connectivity index (χ4v) is 4.66. The third-order valence-corrected chi connectivity index (χ3v) is 6.94. The fourth-order valence-electron chi connectivity index (χ4n) is 4.66. The minimum absolute atomic E-state index is 0.00105. The Bertz CT molecular complexity index is 1240. The van der Waals surface area contributed by atoms with E-state index in [0.717, 1.165) is 16.5 Å². The molecule has 238 valence electrons. The smallest absolute Gasteiger partial charge is 0.326 e. The molecule has 2 aromatic rings. The average Bonchev–Trinajstić information content (AvgIpc) is 3.36. The number of nitrogens with two attached hydrogens (primary N) is 4. The maximum Gasteiger partial charge on any atom is 0.326 e. The number of nitrogens with one attached hydrogen (secondary N) is 4. The van der Waals surface area contributed by atoms with E-state index < -0.39 is 47.9 Å². The number of hydrogen-bond acceptors (Lipinski definition) is 7. The molecular weight excluding hydrogens is 554 g/mol. The van der Waals surface area contributed by atoms with Gasteiger partial charge in [-0.2, -0.15) is 0 Å². The zero-order chi connectivity index (χ0) is 31.9. The number of guanidine groups is 1. The number of para-hydroxylation sites is 1. The molecule has 0 saturated carbocycles. The van der Waals surface area contributed by atoms with E-state index in [9.17, 15) is 24.3 Å². The summed E-state index contributed by atoms with van der Waals surface area (Å²) >= 11 is 0.